The smallest absolute Gasteiger partial charge is 0.262 e. The molecule has 1 aliphatic carbocycles. The minimum Gasteiger partial charge on any atom is -0.342 e. The van der Waals surface area contributed by atoms with Crippen LogP contribution in [-0.4, -0.2) is 5.91 Å². The first-order valence-corrected chi connectivity index (χ1v) is 7.10. The van der Waals surface area contributed by atoms with Gasteiger partial charge in [0.05, 0.1) is 10.4 Å². The summed E-state index contributed by atoms with van der Waals surface area (Å²) in [5, 5.41) is 5.16. The first kappa shape index (κ1) is 11.5. The van der Waals surface area contributed by atoms with Gasteiger partial charge in [0.25, 0.3) is 5.91 Å². The quantitative estimate of drug-likeness (QED) is 0.895. The molecule has 1 fully saturated rings. The van der Waals surface area contributed by atoms with Gasteiger partial charge >= 0.3 is 0 Å². The van der Waals surface area contributed by atoms with Gasteiger partial charge in [-0.15, -0.1) is 11.3 Å². The standard InChI is InChI=1S/C15H15NOS/c17-14(13-8-4-11-18-13)16-15(9-5-10-15)12-6-2-1-3-7-12/h1-4,6-8,11H,5,9-10H2,(H,16,17). The second kappa shape index (κ2) is 4.58. The molecule has 1 amide bonds. The molecular formula is C15H15NOS. The molecule has 18 heavy (non-hydrogen) atoms. The molecular weight excluding hydrogens is 242 g/mol. The highest BCUT2D eigenvalue weighted by atomic mass is 32.1. The van der Waals surface area contributed by atoms with E-state index in [2.05, 4.69) is 17.4 Å². The van der Waals surface area contributed by atoms with Crippen LogP contribution in [0.15, 0.2) is 47.8 Å². The van der Waals surface area contributed by atoms with Crippen molar-refractivity contribution < 1.29 is 4.79 Å². The average molecular weight is 257 g/mol. The lowest BCUT2D eigenvalue weighted by atomic mass is 9.72. The number of carbonyl (C=O) groups excluding carboxylic acids is 1. The molecule has 3 heteroatoms. The van der Waals surface area contributed by atoms with E-state index >= 15 is 0 Å². The van der Waals surface area contributed by atoms with E-state index in [1.807, 2.05) is 35.7 Å². The van der Waals surface area contributed by atoms with Crippen molar-refractivity contribution in [2.75, 3.05) is 0 Å². The number of hydrogen-bond donors (Lipinski definition) is 1. The highest BCUT2D eigenvalue weighted by molar-refractivity contribution is 7.12. The number of benzene rings is 1. The van der Waals surface area contributed by atoms with Crippen LogP contribution in [0.25, 0.3) is 0 Å². The average Bonchev–Trinajstić information content (AvgIpc) is 2.88. The molecule has 0 unspecified atom stereocenters. The van der Waals surface area contributed by atoms with E-state index in [-0.39, 0.29) is 11.4 Å². The fourth-order valence-corrected chi connectivity index (χ4v) is 3.08. The lowest BCUT2D eigenvalue weighted by molar-refractivity contribution is 0.0827. The molecule has 1 heterocycles. The Morgan fingerprint density at radius 1 is 1.11 bits per heavy atom. The molecule has 0 saturated heterocycles. The van der Waals surface area contributed by atoms with Crippen molar-refractivity contribution >= 4 is 17.2 Å². The SMILES string of the molecule is O=C(NC1(c2ccccc2)CCC1)c1cccs1. The van der Waals surface area contributed by atoms with Crippen molar-refractivity contribution in [3.8, 4) is 0 Å². The van der Waals surface area contributed by atoms with Gasteiger partial charge in [-0.25, -0.2) is 0 Å². The summed E-state index contributed by atoms with van der Waals surface area (Å²) >= 11 is 1.49. The largest absolute Gasteiger partial charge is 0.342 e. The zero-order chi connectivity index (χ0) is 12.4. The Bertz CT molecular complexity index is 529. The summed E-state index contributed by atoms with van der Waals surface area (Å²) in [6.45, 7) is 0. The number of amides is 1. The maximum Gasteiger partial charge on any atom is 0.262 e. The minimum absolute atomic E-state index is 0.0496. The summed E-state index contributed by atoms with van der Waals surface area (Å²) < 4.78 is 0. The summed E-state index contributed by atoms with van der Waals surface area (Å²) in [5.74, 6) is 0.0496. The molecule has 1 N–H and O–H groups in total. The summed E-state index contributed by atoms with van der Waals surface area (Å²) in [4.78, 5) is 13.0. The highest BCUT2D eigenvalue weighted by Crippen LogP contribution is 2.41. The number of rotatable bonds is 3. The first-order valence-electron chi connectivity index (χ1n) is 6.22. The lowest BCUT2D eigenvalue weighted by Crippen LogP contribution is -2.50. The predicted octanol–water partition coefficient (Wildman–Crippen LogP) is 3.56. The molecule has 1 aromatic heterocycles. The van der Waals surface area contributed by atoms with Crippen molar-refractivity contribution in [3.05, 3.63) is 58.3 Å². The van der Waals surface area contributed by atoms with Gasteiger partial charge in [0.1, 0.15) is 0 Å². The number of thiophene rings is 1. The van der Waals surface area contributed by atoms with Gasteiger partial charge in [-0.2, -0.15) is 0 Å². The normalized spacial score (nSPS) is 16.9. The molecule has 92 valence electrons. The molecule has 1 aromatic carbocycles. The van der Waals surface area contributed by atoms with Crippen LogP contribution in [-0.2, 0) is 5.54 Å². The van der Waals surface area contributed by atoms with E-state index in [0.717, 1.165) is 17.7 Å². The van der Waals surface area contributed by atoms with Crippen LogP contribution in [0.1, 0.15) is 34.5 Å². The van der Waals surface area contributed by atoms with Gasteiger partial charge < -0.3 is 5.32 Å². The molecule has 3 rings (SSSR count). The topological polar surface area (TPSA) is 29.1 Å². The van der Waals surface area contributed by atoms with Gasteiger partial charge in [0.2, 0.25) is 0 Å². The molecule has 2 aromatic rings. The van der Waals surface area contributed by atoms with Crippen LogP contribution in [0.5, 0.6) is 0 Å². The van der Waals surface area contributed by atoms with Gasteiger partial charge in [0, 0.05) is 0 Å². The molecule has 0 aliphatic heterocycles. The Balaban J connectivity index is 1.83. The Kier molecular flexibility index (Phi) is 2.92. The van der Waals surface area contributed by atoms with Crippen molar-refractivity contribution in [3.63, 3.8) is 0 Å². The second-order valence-electron chi connectivity index (χ2n) is 4.73. The number of nitrogens with one attached hydrogen (secondary N) is 1. The summed E-state index contributed by atoms with van der Waals surface area (Å²) in [5.41, 5.74) is 1.09. The first-order chi connectivity index (χ1) is 8.80. The molecule has 0 radical (unpaired) electrons. The fraction of sp³-hybridized carbons (Fsp3) is 0.267. The maximum absolute atomic E-state index is 12.2. The van der Waals surface area contributed by atoms with Crippen LogP contribution in [0.3, 0.4) is 0 Å². The molecule has 0 atom stereocenters. The van der Waals surface area contributed by atoms with Crippen LogP contribution < -0.4 is 5.32 Å². The monoisotopic (exact) mass is 257 g/mol. The van der Waals surface area contributed by atoms with E-state index < -0.39 is 0 Å². The Morgan fingerprint density at radius 3 is 2.44 bits per heavy atom. The lowest BCUT2D eigenvalue weighted by Gasteiger charge is -2.43. The van der Waals surface area contributed by atoms with E-state index in [9.17, 15) is 4.79 Å². The van der Waals surface area contributed by atoms with E-state index in [0.29, 0.717) is 0 Å². The Labute approximate surface area is 111 Å². The second-order valence-corrected chi connectivity index (χ2v) is 5.68. The van der Waals surface area contributed by atoms with Gasteiger partial charge in [-0.05, 0) is 36.3 Å². The molecule has 0 spiro atoms. The van der Waals surface area contributed by atoms with E-state index in [1.165, 1.54) is 23.3 Å². The molecule has 1 aliphatic rings. The minimum atomic E-state index is -0.137. The summed E-state index contributed by atoms with van der Waals surface area (Å²) in [7, 11) is 0. The van der Waals surface area contributed by atoms with Crippen molar-refractivity contribution in [2.24, 2.45) is 0 Å². The third-order valence-electron chi connectivity index (χ3n) is 3.63. The van der Waals surface area contributed by atoms with Gasteiger partial charge in [-0.3, -0.25) is 4.79 Å². The number of hydrogen-bond acceptors (Lipinski definition) is 2. The van der Waals surface area contributed by atoms with Crippen molar-refractivity contribution in [2.45, 2.75) is 24.8 Å². The summed E-state index contributed by atoms with van der Waals surface area (Å²) in [6.07, 6.45) is 3.25. The van der Waals surface area contributed by atoms with Crippen molar-refractivity contribution in [1.82, 2.24) is 5.32 Å². The maximum atomic E-state index is 12.2. The number of carbonyl (C=O) groups is 1. The predicted molar refractivity (Wildman–Crippen MR) is 73.8 cm³/mol. The highest BCUT2D eigenvalue weighted by Gasteiger charge is 2.40. The van der Waals surface area contributed by atoms with Crippen LogP contribution in [0.4, 0.5) is 0 Å². The molecule has 0 bridgehead atoms. The van der Waals surface area contributed by atoms with Crippen LogP contribution in [0.2, 0.25) is 0 Å². The zero-order valence-electron chi connectivity index (χ0n) is 10.1. The zero-order valence-corrected chi connectivity index (χ0v) is 10.9. The third kappa shape index (κ3) is 1.95. The molecule has 2 nitrogen and oxygen atoms in total. The van der Waals surface area contributed by atoms with Crippen LogP contribution >= 0.6 is 11.3 Å². The van der Waals surface area contributed by atoms with Gasteiger partial charge in [-0.1, -0.05) is 36.4 Å². The fourth-order valence-electron chi connectivity index (χ4n) is 2.46. The Morgan fingerprint density at radius 2 is 1.89 bits per heavy atom. The molecule has 1 saturated carbocycles. The van der Waals surface area contributed by atoms with Gasteiger partial charge in [0.15, 0.2) is 0 Å². The summed E-state index contributed by atoms with van der Waals surface area (Å²) in [6, 6.07) is 14.1. The van der Waals surface area contributed by atoms with E-state index in [4.69, 9.17) is 0 Å². The Hall–Kier alpha value is -1.61. The van der Waals surface area contributed by atoms with Crippen LogP contribution in [0, 0.1) is 0 Å². The van der Waals surface area contributed by atoms with Crippen molar-refractivity contribution in [1.29, 1.82) is 0 Å². The van der Waals surface area contributed by atoms with E-state index in [1.54, 1.807) is 0 Å². The third-order valence-corrected chi connectivity index (χ3v) is 4.50.